The molecule has 2 aromatic rings. The Morgan fingerprint density at radius 3 is 1.30 bits per heavy atom. The van der Waals surface area contributed by atoms with Crippen LogP contribution in [0.1, 0.15) is 20.3 Å². The SMILES string of the molecule is CC(=O)[C@@H](C[C@@H](C(C)=O)C(=O)Nc1ccccc1)C(=O)Nc1ccccc1. The molecule has 2 aromatic carbocycles. The number of hydrogen-bond acceptors (Lipinski definition) is 4. The second-order valence-corrected chi connectivity index (χ2v) is 6.27. The minimum atomic E-state index is -1.10. The van der Waals surface area contributed by atoms with Crippen molar-refractivity contribution in [1.29, 1.82) is 0 Å². The summed E-state index contributed by atoms with van der Waals surface area (Å²) in [5.41, 5.74) is 1.09. The largest absolute Gasteiger partial charge is 0.325 e. The lowest BCUT2D eigenvalue weighted by Gasteiger charge is -2.19. The summed E-state index contributed by atoms with van der Waals surface area (Å²) in [7, 11) is 0. The van der Waals surface area contributed by atoms with Crippen LogP contribution in [0.25, 0.3) is 0 Å². The Morgan fingerprint density at radius 2 is 1.00 bits per heavy atom. The molecule has 0 fully saturated rings. The van der Waals surface area contributed by atoms with E-state index in [1.165, 1.54) is 13.8 Å². The van der Waals surface area contributed by atoms with Crippen LogP contribution in [0.2, 0.25) is 0 Å². The van der Waals surface area contributed by atoms with E-state index >= 15 is 0 Å². The van der Waals surface area contributed by atoms with E-state index in [4.69, 9.17) is 0 Å². The predicted octanol–water partition coefficient (Wildman–Crippen LogP) is 3.06. The van der Waals surface area contributed by atoms with Crippen LogP contribution in [0.15, 0.2) is 60.7 Å². The maximum Gasteiger partial charge on any atom is 0.234 e. The Balaban J connectivity index is 2.12. The number of hydrogen-bond donors (Lipinski definition) is 2. The van der Waals surface area contributed by atoms with E-state index in [-0.39, 0.29) is 6.42 Å². The molecule has 0 spiro atoms. The zero-order valence-corrected chi connectivity index (χ0v) is 15.3. The van der Waals surface area contributed by atoms with Gasteiger partial charge >= 0.3 is 0 Å². The number of Topliss-reactive ketones (excluding diaryl/α,β-unsaturated/α-hetero) is 2. The fourth-order valence-corrected chi connectivity index (χ4v) is 2.65. The fraction of sp³-hybridized carbons (Fsp3) is 0.238. The van der Waals surface area contributed by atoms with Gasteiger partial charge < -0.3 is 10.6 Å². The number of carbonyl (C=O) groups is 4. The van der Waals surface area contributed by atoms with E-state index in [1.54, 1.807) is 60.7 Å². The van der Waals surface area contributed by atoms with Crippen molar-refractivity contribution in [2.45, 2.75) is 20.3 Å². The van der Waals surface area contributed by atoms with Crippen LogP contribution in [0, 0.1) is 11.8 Å². The molecule has 0 heterocycles. The van der Waals surface area contributed by atoms with Crippen LogP contribution in [-0.2, 0) is 19.2 Å². The molecule has 0 saturated carbocycles. The van der Waals surface area contributed by atoms with Crippen molar-refractivity contribution in [2.75, 3.05) is 10.6 Å². The summed E-state index contributed by atoms with van der Waals surface area (Å²) in [5.74, 6) is -4.06. The zero-order chi connectivity index (χ0) is 19.8. The number of para-hydroxylation sites is 2. The molecule has 0 radical (unpaired) electrons. The lowest BCUT2D eigenvalue weighted by atomic mass is 9.88. The van der Waals surface area contributed by atoms with Gasteiger partial charge in [-0.05, 0) is 44.5 Å². The number of amides is 2. The third kappa shape index (κ3) is 5.88. The van der Waals surface area contributed by atoms with Gasteiger partial charge in [-0.25, -0.2) is 0 Å². The summed E-state index contributed by atoms with van der Waals surface area (Å²) in [4.78, 5) is 49.1. The topological polar surface area (TPSA) is 92.3 Å². The second-order valence-electron chi connectivity index (χ2n) is 6.27. The van der Waals surface area contributed by atoms with Crippen LogP contribution in [0.4, 0.5) is 11.4 Å². The van der Waals surface area contributed by atoms with Crippen molar-refractivity contribution in [1.82, 2.24) is 0 Å². The Hall–Kier alpha value is -3.28. The quantitative estimate of drug-likeness (QED) is 0.702. The molecule has 6 heteroatoms. The predicted molar refractivity (Wildman–Crippen MR) is 103 cm³/mol. The summed E-state index contributed by atoms with van der Waals surface area (Å²) >= 11 is 0. The zero-order valence-electron chi connectivity index (χ0n) is 15.3. The first-order valence-corrected chi connectivity index (χ1v) is 8.61. The number of rotatable bonds is 8. The van der Waals surface area contributed by atoms with Gasteiger partial charge in [0.1, 0.15) is 11.6 Å². The van der Waals surface area contributed by atoms with Gasteiger partial charge in [0, 0.05) is 11.4 Å². The molecule has 2 amide bonds. The van der Waals surface area contributed by atoms with Gasteiger partial charge in [0.05, 0.1) is 11.8 Å². The Morgan fingerprint density at radius 1 is 0.667 bits per heavy atom. The van der Waals surface area contributed by atoms with Gasteiger partial charge in [-0.1, -0.05) is 36.4 Å². The molecule has 0 aliphatic heterocycles. The Bertz CT molecular complexity index is 749. The van der Waals surface area contributed by atoms with Crippen molar-refractivity contribution >= 4 is 34.8 Å². The number of anilines is 2. The van der Waals surface area contributed by atoms with Gasteiger partial charge in [0.15, 0.2) is 0 Å². The molecule has 140 valence electrons. The van der Waals surface area contributed by atoms with Crippen LogP contribution in [-0.4, -0.2) is 23.4 Å². The van der Waals surface area contributed by atoms with Gasteiger partial charge in [-0.15, -0.1) is 0 Å². The van der Waals surface area contributed by atoms with Crippen LogP contribution < -0.4 is 10.6 Å². The second kappa shape index (κ2) is 9.43. The highest BCUT2D eigenvalue weighted by molar-refractivity contribution is 6.10. The highest BCUT2D eigenvalue weighted by atomic mass is 16.2. The molecule has 0 saturated heterocycles. The van der Waals surface area contributed by atoms with Gasteiger partial charge in [-0.3, -0.25) is 19.2 Å². The summed E-state index contributed by atoms with van der Waals surface area (Å²) in [6.07, 6.45) is -0.179. The van der Waals surface area contributed by atoms with Crippen molar-refractivity contribution in [3.8, 4) is 0 Å². The lowest BCUT2D eigenvalue weighted by Crippen LogP contribution is -2.36. The van der Waals surface area contributed by atoms with Gasteiger partial charge in [-0.2, -0.15) is 0 Å². The van der Waals surface area contributed by atoms with Crippen LogP contribution in [0.5, 0.6) is 0 Å². The summed E-state index contributed by atoms with van der Waals surface area (Å²) in [6, 6.07) is 17.4. The van der Waals surface area contributed by atoms with Crippen molar-refractivity contribution in [3.63, 3.8) is 0 Å². The third-order valence-electron chi connectivity index (χ3n) is 4.17. The number of benzene rings is 2. The van der Waals surface area contributed by atoms with Gasteiger partial charge in [0.25, 0.3) is 0 Å². The van der Waals surface area contributed by atoms with Crippen molar-refractivity contribution in [3.05, 3.63) is 60.7 Å². The molecule has 2 atom stereocenters. The van der Waals surface area contributed by atoms with Gasteiger partial charge in [0.2, 0.25) is 11.8 Å². The van der Waals surface area contributed by atoms with E-state index in [2.05, 4.69) is 10.6 Å². The molecule has 2 rings (SSSR count). The molecule has 0 unspecified atom stereocenters. The summed E-state index contributed by atoms with van der Waals surface area (Å²) in [5, 5.41) is 5.31. The molecule has 0 bridgehead atoms. The average Bonchev–Trinajstić information content (AvgIpc) is 2.63. The molecule has 27 heavy (non-hydrogen) atoms. The minimum Gasteiger partial charge on any atom is -0.325 e. The van der Waals surface area contributed by atoms with Crippen molar-refractivity contribution in [2.24, 2.45) is 11.8 Å². The molecular weight excluding hydrogens is 344 g/mol. The molecule has 6 nitrogen and oxygen atoms in total. The number of carbonyl (C=O) groups excluding carboxylic acids is 4. The number of ketones is 2. The highest BCUT2D eigenvalue weighted by Gasteiger charge is 2.33. The summed E-state index contributed by atoms with van der Waals surface area (Å²) < 4.78 is 0. The van der Waals surface area contributed by atoms with E-state index < -0.39 is 35.2 Å². The smallest absolute Gasteiger partial charge is 0.234 e. The van der Waals surface area contributed by atoms with Crippen LogP contribution >= 0.6 is 0 Å². The standard InChI is InChI=1S/C21H22N2O4/c1-14(24)18(20(26)22-16-9-5-3-6-10-16)13-19(15(2)25)21(27)23-17-11-7-4-8-12-17/h3-12,18-19H,13H2,1-2H3,(H,22,26)(H,23,27)/t18-,19+. The molecule has 0 aliphatic carbocycles. The van der Waals surface area contributed by atoms with E-state index in [0.717, 1.165) is 0 Å². The molecule has 0 aromatic heterocycles. The van der Waals surface area contributed by atoms with Crippen molar-refractivity contribution < 1.29 is 19.2 Å². The molecular formula is C21H22N2O4. The highest BCUT2D eigenvalue weighted by Crippen LogP contribution is 2.20. The monoisotopic (exact) mass is 366 g/mol. The lowest BCUT2D eigenvalue weighted by molar-refractivity contribution is -0.133. The Kier molecular flexibility index (Phi) is 7.00. The molecule has 0 aliphatic rings. The maximum absolute atomic E-state index is 12.5. The number of nitrogens with one attached hydrogen (secondary N) is 2. The average molecular weight is 366 g/mol. The molecule has 2 N–H and O–H groups in total. The third-order valence-corrected chi connectivity index (χ3v) is 4.17. The van der Waals surface area contributed by atoms with E-state index in [9.17, 15) is 19.2 Å². The maximum atomic E-state index is 12.5. The fourth-order valence-electron chi connectivity index (χ4n) is 2.65. The first-order valence-electron chi connectivity index (χ1n) is 8.61. The normalized spacial score (nSPS) is 12.5. The first-order chi connectivity index (χ1) is 12.9. The minimum absolute atomic E-state index is 0.179. The Labute approximate surface area is 158 Å². The van der Waals surface area contributed by atoms with E-state index in [1.807, 2.05) is 0 Å². The first kappa shape index (κ1) is 20.0. The summed E-state index contributed by atoms with van der Waals surface area (Å²) in [6.45, 7) is 2.56. The van der Waals surface area contributed by atoms with Crippen LogP contribution in [0.3, 0.4) is 0 Å². The van der Waals surface area contributed by atoms with E-state index in [0.29, 0.717) is 11.4 Å².